The summed E-state index contributed by atoms with van der Waals surface area (Å²) in [7, 11) is 0. The molecule has 17 heavy (non-hydrogen) atoms. The smallest absolute Gasteiger partial charge is 0.140 e. The first-order chi connectivity index (χ1) is 8.24. The molecule has 0 aliphatic carbocycles. The zero-order valence-electron chi connectivity index (χ0n) is 9.44. The third kappa shape index (κ3) is 2.03. The van der Waals surface area contributed by atoms with Gasteiger partial charge in [-0.15, -0.1) is 0 Å². The number of hydrogen-bond donors (Lipinski definition) is 1. The van der Waals surface area contributed by atoms with E-state index < -0.39 is 0 Å². The summed E-state index contributed by atoms with van der Waals surface area (Å²) in [5.41, 5.74) is 8.47. The maximum atomic E-state index is 6.02. The molecule has 0 saturated carbocycles. The van der Waals surface area contributed by atoms with E-state index in [1.54, 1.807) is 0 Å². The highest BCUT2D eigenvalue weighted by Gasteiger charge is 2.19. The first-order valence-electron chi connectivity index (χ1n) is 5.80. The lowest BCUT2D eigenvalue weighted by Crippen LogP contribution is -2.31. The van der Waals surface area contributed by atoms with Gasteiger partial charge in [0.2, 0.25) is 0 Å². The fraction of sp³-hybridized carbons (Fsp3) is 0.308. The minimum atomic E-state index is 0.255. The maximum Gasteiger partial charge on any atom is 0.140 e. The number of halogens is 1. The Hall–Kier alpha value is -1.13. The van der Waals surface area contributed by atoms with Crippen molar-refractivity contribution in [2.75, 3.05) is 0 Å². The van der Waals surface area contributed by atoms with Crippen LogP contribution in [0.4, 0.5) is 0 Å². The maximum absolute atomic E-state index is 6.02. The molecule has 88 valence electrons. The monoisotopic (exact) mass is 291 g/mol. The minimum absolute atomic E-state index is 0.255. The number of benzene rings is 1. The van der Waals surface area contributed by atoms with Crippen LogP contribution >= 0.6 is 15.9 Å². The third-order valence-corrected chi connectivity index (χ3v) is 3.76. The summed E-state index contributed by atoms with van der Waals surface area (Å²) in [5.74, 6) is 1.03. The quantitative estimate of drug-likeness (QED) is 0.878. The van der Waals surface area contributed by atoms with Gasteiger partial charge in [-0.25, -0.2) is 4.98 Å². The van der Waals surface area contributed by atoms with Crippen molar-refractivity contribution >= 4 is 15.9 Å². The summed E-state index contributed by atoms with van der Waals surface area (Å²) in [4.78, 5) is 4.52. The Morgan fingerprint density at radius 1 is 1.29 bits per heavy atom. The second-order valence-electron chi connectivity index (χ2n) is 4.49. The van der Waals surface area contributed by atoms with Gasteiger partial charge in [-0.2, -0.15) is 0 Å². The second kappa shape index (κ2) is 4.27. The van der Waals surface area contributed by atoms with E-state index in [1.165, 1.54) is 5.69 Å². The number of hydrogen-bond acceptors (Lipinski definition) is 2. The van der Waals surface area contributed by atoms with E-state index in [-0.39, 0.29) is 6.04 Å². The molecule has 0 saturated heterocycles. The van der Waals surface area contributed by atoms with Gasteiger partial charge in [-0.3, -0.25) is 0 Å². The molecule has 1 aromatic heterocycles. The second-order valence-corrected chi connectivity index (χ2v) is 5.41. The molecule has 1 aliphatic heterocycles. The van der Waals surface area contributed by atoms with Crippen LogP contribution in [-0.2, 0) is 13.0 Å². The molecule has 2 N–H and O–H groups in total. The van der Waals surface area contributed by atoms with Crippen LogP contribution in [0, 0.1) is 0 Å². The highest BCUT2D eigenvalue weighted by atomic mass is 79.9. The van der Waals surface area contributed by atoms with Crippen molar-refractivity contribution in [3.05, 3.63) is 40.6 Å². The Kier molecular flexibility index (Phi) is 2.76. The predicted octanol–water partition coefficient (Wildman–Crippen LogP) is 2.59. The van der Waals surface area contributed by atoms with Gasteiger partial charge in [0.15, 0.2) is 0 Å². The van der Waals surface area contributed by atoms with E-state index >= 15 is 0 Å². The van der Waals surface area contributed by atoms with Crippen molar-refractivity contribution in [2.24, 2.45) is 5.73 Å². The van der Waals surface area contributed by atoms with Gasteiger partial charge in [-0.1, -0.05) is 28.1 Å². The van der Waals surface area contributed by atoms with E-state index in [0.717, 1.165) is 35.2 Å². The third-order valence-electron chi connectivity index (χ3n) is 3.23. The van der Waals surface area contributed by atoms with Gasteiger partial charge in [0, 0.05) is 34.5 Å². The first-order valence-corrected chi connectivity index (χ1v) is 6.59. The van der Waals surface area contributed by atoms with Gasteiger partial charge < -0.3 is 10.3 Å². The number of nitrogens with zero attached hydrogens (tertiary/aromatic N) is 2. The molecular weight excluding hydrogens is 278 g/mol. The molecule has 0 radical (unpaired) electrons. The molecule has 0 spiro atoms. The Balaban J connectivity index is 2.04. The molecular formula is C13H14BrN3. The molecule has 2 aromatic rings. The summed E-state index contributed by atoms with van der Waals surface area (Å²) in [6.45, 7) is 0.876. The van der Waals surface area contributed by atoms with Crippen LogP contribution in [0.1, 0.15) is 12.1 Å². The van der Waals surface area contributed by atoms with Crippen molar-refractivity contribution < 1.29 is 0 Å². The number of fused-ring (bicyclic) bond motifs is 1. The van der Waals surface area contributed by atoms with Crippen LogP contribution in [-0.4, -0.2) is 15.6 Å². The predicted molar refractivity (Wildman–Crippen MR) is 71.7 cm³/mol. The summed E-state index contributed by atoms with van der Waals surface area (Å²) in [5, 5.41) is 0. The SMILES string of the molecule is NC1CCc2cnc(-c3ccc(Br)cc3)n2C1. The first kappa shape index (κ1) is 11.0. The van der Waals surface area contributed by atoms with Crippen LogP contribution in [0.3, 0.4) is 0 Å². The normalized spacial score (nSPS) is 19.1. The number of nitrogens with two attached hydrogens (primary N) is 1. The van der Waals surface area contributed by atoms with Crippen molar-refractivity contribution in [1.82, 2.24) is 9.55 Å². The topological polar surface area (TPSA) is 43.8 Å². The molecule has 3 nitrogen and oxygen atoms in total. The van der Waals surface area contributed by atoms with Crippen molar-refractivity contribution in [3.63, 3.8) is 0 Å². The lowest BCUT2D eigenvalue weighted by atomic mass is 10.1. The van der Waals surface area contributed by atoms with Gasteiger partial charge in [0.1, 0.15) is 5.82 Å². The minimum Gasteiger partial charge on any atom is -0.327 e. The fourth-order valence-corrected chi connectivity index (χ4v) is 2.57. The lowest BCUT2D eigenvalue weighted by Gasteiger charge is -2.22. The van der Waals surface area contributed by atoms with Crippen LogP contribution in [0.5, 0.6) is 0 Å². The highest BCUT2D eigenvalue weighted by Crippen LogP contribution is 2.25. The summed E-state index contributed by atoms with van der Waals surface area (Å²) >= 11 is 3.45. The van der Waals surface area contributed by atoms with Crippen LogP contribution in [0.15, 0.2) is 34.9 Å². The molecule has 3 rings (SSSR count). The number of rotatable bonds is 1. The summed E-state index contributed by atoms with van der Waals surface area (Å²) in [6.07, 6.45) is 4.07. The average molecular weight is 292 g/mol. The van der Waals surface area contributed by atoms with Crippen LogP contribution < -0.4 is 5.73 Å². The molecule has 1 atom stereocenters. The average Bonchev–Trinajstić information content (AvgIpc) is 2.73. The molecule has 4 heteroatoms. The van der Waals surface area contributed by atoms with Crippen LogP contribution in [0.2, 0.25) is 0 Å². The van der Waals surface area contributed by atoms with E-state index in [9.17, 15) is 0 Å². The van der Waals surface area contributed by atoms with E-state index in [0.29, 0.717) is 0 Å². The molecule has 1 unspecified atom stereocenters. The lowest BCUT2D eigenvalue weighted by molar-refractivity contribution is 0.463. The Labute approximate surface area is 109 Å². The largest absolute Gasteiger partial charge is 0.327 e. The Bertz CT molecular complexity index is 530. The molecule has 1 aromatic carbocycles. The molecule has 0 amide bonds. The van der Waals surface area contributed by atoms with E-state index in [4.69, 9.17) is 5.73 Å². The van der Waals surface area contributed by atoms with Crippen LogP contribution in [0.25, 0.3) is 11.4 Å². The van der Waals surface area contributed by atoms with Crippen molar-refractivity contribution in [3.8, 4) is 11.4 Å². The van der Waals surface area contributed by atoms with Gasteiger partial charge in [0.05, 0.1) is 0 Å². The van der Waals surface area contributed by atoms with E-state index in [1.807, 2.05) is 18.3 Å². The van der Waals surface area contributed by atoms with Crippen molar-refractivity contribution in [2.45, 2.75) is 25.4 Å². The highest BCUT2D eigenvalue weighted by molar-refractivity contribution is 9.10. The summed E-state index contributed by atoms with van der Waals surface area (Å²) in [6, 6.07) is 8.50. The molecule has 1 aliphatic rings. The molecule has 0 bridgehead atoms. The molecule has 2 heterocycles. The zero-order chi connectivity index (χ0) is 11.8. The standard InChI is InChI=1S/C13H14BrN3/c14-10-3-1-9(2-4-10)13-16-7-12-6-5-11(15)8-17(12)13/h1-4,7,11H,5-6,8,15H2. The Morgan fingerprint density at radius 3 is 2.82 bits per heavy atom. The molecule has 0 fully saturated rings. The number of imidazole rings is 1. The fourth-order valence-electron chi connectivity index (χ4n) is 2.30. The van der Waals surface area contributed by atoms with Gasteiger partial charge in [-0.05, 0) is 25.0 Å². The van der Waals surface area contributed by atoms with Crippen molar-refractivity contribution in [1.29, 1.82) is 0 Å². The number of aromatic nitrogens is 2. The van der Waals surface area contributed by atoms with E-state index in [2.05, 4.69) is 37.6 Å². The van der Waals surface area contributed by atoms with Gasteiger partial charge >= 0.3 is 0 Å². The van der Waals surface area contributed by atoms with Gasteiger partial charge in [0.25, 0.3) is 0 Å². The number of aryl methyl sites for hydroxylation is 1. The Morgan fingerprint density at radius 2 is 2.06 bits per heavy atom. The zero-order valence-corrected chi connectivity index (χ0v) is 11.0. The summed E-state index contributed by atoms with van der Waals surface area (Å²) < 4.78 is 3.33.